The molecule has 0 spiro atoms. The molecular formula is C8H13N3. The lowest BCUT2D eigenvalue weighted by Crippen LogP contribution is -1.88. The molecule has 0 saturated heterocycles. The normalized spacial score (nSPS) is 10.3. The molecule has 1 aromatic heterocycles. The van der Waals surface area contributed by atoms with Crippen LogP contribution in [-0.2, 0) is 0 Å². The van der Waals surface area contributed by atoms with Crippen molar-refractivity contribution in [2.75, 3.05) is 12.4 Å². The van der Waals surface area contributed by atoms with E-state index < -0.39 is 0 Å². The summed E-state index contributed by atoms with van der Waals surface area (Å²) in [6.07, 6.45) is 0. The first-order chi connectivity index (χ1) is 5.40. The van der Waals surface area contributed by atoms with Crippen LogP contribution in [0.25, 0.3) is 11.0 Å². The summed E-state index contributed by atoms with van der Waals surface area (Å²) in [5, 5.41) is 2.95. The maximum atomic E-state index is 4.26. The van der Waals surface area contributed by atoms with E-state index in [4.69, 9.17) is 0 Å². The standard InChI is InChI=1S/C8H9N3.2H2/c1-9-8-10-6-4-2-3-5-7(6)11-8;;/h2-5H,1H3,(H2,9,10,11);2*1H. The lowest BCUT2D eigenvalue weighted by atomic mass is 10.3. The van der Waals surface area contributed by atoms with Gasteiger partial charge in [-0.25, -0.2) is 4.98 Å². The first kappa shape index (κ1) is 6.22. The summed E-state index contributed by atoms with van der Waals surface area (Å²) in [7, 11) is 1.84. The first-order valence-electron chi connectivity index (χ1n) is 3.52. The highest BCUT2D eigenvalue weighted by atomic mass is 15.1. The third kappa shape index (κ3) is 0.941. The molecule has 3 heteroatoms. The number of aromatic amines is 1. The predicted octanol–water partition coefficient (Wildman–Crippen LogP) is 2.10. The number of H-pyrrole nitrogens is 1. The molecular weight excluding hydrogens is 138 g/mol. The van der Waals surface area contributed by atoms with Gasteiger partial charge in [0, 0.05) is 9.90 Å². The topological polar surface area (TPSA) is 40.7 Å². The van der Waals surface area contributed by atoms with Gasteiger partial charge in [-0.05, 0) is 12.1 Å². The fourth-order valence-electron chi connectivity index (χ4n) is 1.07. The molecule has 0 bridgehead atoms. The molecule has 0 aliphatic heterocycles. The fraction of sp³-hybridized carbons (Fsp3) is 0.125. The molecule has 0 fully saturated rings. The van der Waals surface area contributed by atoms with Crippen LogP contribution in [0.15, 0.2) is 24.3 Å². The van der Waals surface area contributed by atoms with Crippen molar-refractivity contribution in [3.63, 3.8) is 0 Å². The molecule has 0 unspecified atom stereocenters. The van der Waals surface area contributed by atoms with E-state index in [1.165, 1.54) is 0 Å². The van der Waals surface area contributed by atoms with Gasteiger partial charge in [-0.15, -0.1) is 0 Å². The van der Waals surface area contributed by atoms with Crippen LogP contribution < -0.4 is 5.32 Å². The Labute approximate surface area is 67.4 Å². The summed E-state index contributed by atoms with van der Waals surface area (Å²) in [6, 6.07) is 7.94. The Hall–Kier alpha value is -1.51. The van der Waals surface area contributed by atoms with Gasteiger partial charge in [-0.2, -0.15) is 0 Å². The number of benzene rings is 1. The SMILES string of the molecule is CNc1nc2ccccc2[nH]1.[HH].[HH]. The van der Waals surface area contributed by atoms with Crippen LogP contribution in [0.2, 0.25) is 0 Å². The van der Waals surface area contributed by atoms with Gasteiger partial charge >= 0.3 is 0 Å². The van der Waals surface area contributed by atoms with Crippen molar-refractivity contribution in [3.05, 3.63) is 24.3 Å². The van der Waals surface area contributed by atoms with E-state index in [0.717, 1.165) is 17.0 Å². The molecule has 0 saturated carbocycles. The third-order valence-corrected chi connectivity index (χ3v) is 1.63. The summed E-state index contributed by atoms with van der Waals surface area (Å²) in [4.78, 5) is 7.39. The summed E-state index contributed by atoms with van der Waals surface area (Å²) >= 11 is 0. The monoisotopic (exact) mass is 151 g/mol. The van der Waals surface area contributed by atoms with Gasteiger partial charge in [0.1, 0.15) is 0 Å². The van der Waals surface area contributed by atoms with Crippen molar-refractivity contribution in [2.45, 2.75) is 0 Å². The summed E-state index contributed by atoms with van der Waals surface area (Å²) in [5.41, 5.74) is 2.06. The number of imidazole rings is 1. The Kier molecular flexibility index (Phi) is 1.28. The zero-order valence-electron chi connectivity index (χ0n) is 6.26. The van der Waals surface area contributed by atoms with E-state index in [1.54, 1.807) is 0 Å². The van der Waals surface area contributed by atoms with Crippen molar-refractivity contribution in [2.24, 2.45) is 0 Å². The summed E-state index contributed by atoms with van der Waals surface area (Å²) in [6.45, 7) is 0. The Morgan fingerprint density at radius 1 is 1.45 bits per heavy atom. The molecule has 3 nitrogen and oxygen atoms in total. The lowest BCUT2D eigenvalue weighted by molar-refractivity contribution is 1.28. The number of aromatic nitrogens is 2. The van der Waals surface area contributed by atoms with Gasteiger partial charge in [0.15, 0.2) is 0 Å². The van der Waals surface area contributed by atoms with Gasteiger partial charge < -0.3 is 10.3 Å². The maximum Gasteiger partial charge on any atom is 0.200 e. The Balaban J connectivity index is 0.000000720. The van der Waals surface area contributed by atoms with Crippen LogP contribution in [0.1, 0.15) is 2.85 Å². The number of fused-ring (bicyclic) bond motifs is 1. The molecule has 0 atom stereocenters. The van der Waals surface area contributed by atoms with Gasteiger partial charge in [-0.3, -0.25) is 0 Å². The minimum Gasteiger partial charge on any atom is -0.359 e. The molecule has 0 radical (unpaired) electrons. The number of nitrogens with zero attached hydrogens (tertiary/aromatic N) is 1. The van der Waals surface area contributed by atoms with Gasteiger partial charge in [0.2, 0.25) is 5.95 Å². The number of hydrogen-bond acceptors (Lipinski definition) is 2. The quantitative estimate of drug-likeness (QED) is 0.655. The number of nitrogens with one attached hydrogen (secondary N) is 2. The number of hydrogen-bond donors (Lipinski definition) is 2. The van der Waals surface area contributed by atoms with E-state index in [1.807, 2.05) is 31.3 Å². The van der Waals surface area contributed by atoms with Crippen LogP contribution in [-0.4, -0.2) is 17.0 Å². The van der Waals surface area contributed by atoms with Crippen LogP contribution in [0, 0.1) is 0 Å². The Morgan fingerprint density at radius 3 is 3.00 bits per heavy atom. The maximum absolute atomic E-state index is 4.26. The molecule has 0 aliphatic rings. The molecule has 1 heterocycles. The van der Waals surface area contributed by atoms with Crippen molar-refractivity contribution in [1.29, 1.82) is 0 Å². The average molecular weight is 151 g/mol. The second-order valence-corrected chi connectivity index (χ2v) is 2.35. The van der Waals surface area contributed by atoms with Crippen LogP contribution in [0.4, 0.5) is 5.95 Å². The fourth-order valence-corrected chi connectivity index (χ4v) is 1.07. The zero-order chi connectivity index (χ0) is 7.68. The highest BCUT2D eigenvalue weighted by Gasteiger charge is 1.96. The second kappa shape index (κ2) is 2.27. The minimum atomic E-state index is 0. The second-order valence-electron chi connectivity index (χ2n) is 2.35. The van der Waals surface area contributed by atoms with Gasteiger partial charge in [0.25, 0.3) is 0 Å². The van der Waals surface area contributed by atoms with E-state index in [0.29, 0.717) is 0 Å². The van der Waals surface area contributed by atoms with E-state index in [9.17, 15) is 0 Å². The van der Waals surface area contributed by atoms with Crippen LogP contribution in [0.5, 0.6) is 0 Å². The number of anilines is 1. The lowest BCUT2D eigenvalue weighted by Gasteiger charge is -1.86. The smallest absolute Gasteiger partial charge is 0.200 e. The zero-order valence-corrected chi connectivity index (χ0v) is 6.26. The highest BCUT2D eigenvalue weighted by Crippen LogP contribution is 2.11. The number of para-hydroxylation sites is 2. The first-order valence-corrected chi connectivity index (χ1v) is 3.52. The number of rotatable bonds is 1. The molecule has 0 amide bonds. The largest absolute Gasteiger partial charge is 0.359 e. The van der Waals surface area contributed by atoms with Crippen molar-refractivity contribution >= 4 is 17.0 Å². The summed E-state index contributed by atoms with van der Waals surface area (Å²) in [5.74, 6) is 0.811. The van der Waals surface area contributed by atoms with Crippen LogP contribution >= 0.6 is 0 Å². The van der Waals surface area contributed by atoms with E-state index in [2.05, 4.69) is 15.3 Å². The summed E-state index contributed by atoms with van der Waals surface area (Å²) < 4.78 is 0. The molecule has 0 aliphatic carbocycles. The van der Waals surface area contributed by atoms with E-state index in [-0.39, 0.29) is 2.85 Å². The molecule has 60 valence electrons. The van der Waals surface area contributed by atoms with Gasteiger partial charge in [-0.1, -0.05) is 12.1 Å². The molecule has 2 rings (SSSR count). The molecule has 2 N–H and O–H groups in total. The predicted molar refractivity (Wildman–Crippen MR) is 49.9 cm³/mol. The highest BCUT2D eigenvalue weighted by molar-refractivity contribution is 5.77. The molecule has 2 aromatic rings. The molecule has 11 heavy (non-hydrogen) atoms. The Bertz CT molecular complexity index is 339. The van der Waals surface area contributed by atoms with Crippen molar-refractivity contribution in [1.82, 2.24) is 9.97 Å². The average Bonchev–Trinajstić information content (AvgIpc) is 2.46. The molecule has 1 aromatic carbocycles. The van der Waals surface area contributed by atoms with E-state index >= 15 is 0 Å². The van der Waals surface area contributed by atoms with Crippen LogP contribution in [0.3, 0.4) is 0 Å². The van der Waals surface area contributed by atoms with Crippen molar-refractivity contribution in [3.8, 4) is 0 Å². The Morgan fingerprint density at radius 2 is 2.27 bits per heavy atom. The third-order valence-electron chi connectivity index (χ3n) is 1.63. The minimum absolute atomic E-state index is 0. The van der Waals surface area contributed by atoms with Gasteiger partial charge in [0.05, 0.1) is 11.0 Å². The van der Waals surface area contributed by atoms with Crippen molar-refractivity contribution < 1.29 is 2.85 Å².